The smallest absolute Gasteiger partial charge is 0.113 e. The largest absolute Gasteiger partial charge is 0.557 e. The van der Waals surface area contributed by atoms with Gasteiger partial charge in [0.15, 0.2) is 0 Å². The van der Waals surface area contributed by atoms with Gasteiger partial charge in [-0.15, -0.1) is 35.9 Å². The van der Waals surface area contributed by atoms with Gasteiger partial charge >= 0.3 is 0 Å². The molecular formula is C51H52FIrN3OSi-2. The molecule has 3 aromatic heterocycles. The Morgan fingerprint density at radius 1 is 0.759 bits per heavy atom. The number of furan rings is 1. The zero-order valence-corrected chi connectivity index (χ0v) is 38.3. The summed E-state index contributed by atoms with van der Waals surface area (Å²) in [7, 11) is -1.34. The van der Waals surface area contributed by atoms with Gasteiger partial charge in [-0.25, -0.2) is 4.39 Å². The minimum absolute atomic E-state index is 0. The van der Waals surface area contributed by atoms with Crippen LogP contribution >= 0.6 is 0 Å². The van der Waals surface area contributed by atoms with Gasteiger partial charge in [-0.2, -0.15) is 0 Å². The molecule has 8 aromatic rings. The molecule has 0 fully saturated rings. The maximum Gasteiger partial charge on any atom is 0.113 e. The minimum Gasteiger partial charge on any atom is -0.557 e. The van der Waals surface area contributed by atoms with Crippen molar-refractivity contribution in [2.45, 2.75) is 79.4 Å². The Labute approximate surface area is 358 Å². The average molecular weight is 962 g/mol. The van der Waals surface area contributed by atoms with Crippen LogP contribution in [0, 0.1) is 24.1 Å². The van der Waals surface area contributed by atoms with E-state index in [9.17, 15) is 4.39 Å². The van der Waals surface area contributed by atoms with E-state index in [2.05, 4.69) is 144 Å². The summed E-state index contributed by atoms with van der Waals surface area (Å²) in [5.41, 5.74) is 12.7. The Kier molecular flexibility index (Phi) is 13.2. The van der Waals surface area contributed by atoms with Crippen molar-refractivity contribution >= 4 is 35.3 Å². The molecule has 5 aromatic carbocycles. The van der Waals surface area contributed by atoms with Gasteiger partial charge in [0, 0.05) is 43.8 Å². The molecule has 0 bridgehead atoms. The normalized spacial score (nSPS) is 11.7. The average Bonchev–Trinajstić information content (AvgIpc) is 3.78. The topological polar surface area (TPSA) is 43.9 Å². The van der Waals surface area contributed by atoms with Crippen molar-refractivity contribution in [3.05, 3.63) is 156 Å². The third-order valence-corrected chi connectivity index (χ3v) is 12.5. The Morgan fingerprint density at radius 2 is 1.43 bits per heavy atom. The number of fused-ring (bicyclic) bond motifs is 2. The Hall–Kier alpha value is -4.94. The number of pyridine rings is 1. The fraction of sp³-hybridized carbons (Fsp3) is 0.255. The van der Waals surface area contributed by atoms with Crippen molar-refractivity contribution in [3.63, 3.8) is 0 Å². The van der Waals surface area contributed by atoms with Gasteiger partial charge in [0.25, 0.3) is 0 Å². The molecule has 8 rings (SSSR count). The van der Waals surface area contributed by atoms with Gasteiger partial charge in [0.1, 0.15) is 5.82 Å². The van der Waals surface area contributed by atoms with E-state index in [0.717, 1.165) is 34.4 Å². The summed E-state index contributed by atoms with van der Waals surface area (Å²) >= 11 is 0. The maximum absolute atomic E-state index is 14.3. The van der Waals surface area contributed by atoms with E-state index in [1.54, 1.807) is 6.07 Å². The van der Waals surface area contributed by atoms with Crippen LogP contribution in [0.1, 0.15) is 70.1 Å². The molecule has 0 atom stereocenters. The zero-order valence-electron chi connectivity index (χ0n) is 34.9. The molecule has 3 heterocycles. The summed E-state index contributed by atoms with van der Waals surface area (Å²) in [4.78, 5) is 9.73. The van der Waals surface area contributed by atoms with Gasteiger partial charge in [-0.3, -0.25) is 4.98 Å². The summed E-state index contributed by atoms with van der Waals surface area (Å²) < 4.78 is 22.3. The van der Waals surface area contributed by atoms with E-state index in [1.807, 2.05) is 42.5 Å². The number of benzene rings is 5. The second kappa shape index (κ2) is 17.9. The van der Waals surface area contributed by atoms with E-state index in [-0.39, 0.29) is 37.8 Å². The molecule has 299 valence electrons. The van der Waals surface area contributed by atoms with Gasteiger partial charge in [-0.1, -0.05) is 138 Å². The van der Waals surface area contributed by atoms with Crippen molar-refractivity contribution < 1.29 is 28.9 Å². The third-order valence-electron chi connectivity index (χ3n) is 10.4. The first-order chi connectivity index (χ1) is 27.3. The Morgan fingerprint density at radius 3 is 2.07 bits per heavy atom. The molecule has 0 saturated carbocycles. The zero-order chi connectivity index (χ0) is 40.4. The number of imidazole rings is 1. The van der Waals surface area contributed by atoms with E-state index in [4.69, 9.17) is 9.40 Å². The molecule has 58 heavy (non-hydrogen) atoms. The van der Waals surface area contributed by atoms with Crippen LogP contribution < -0.4 is 5.19 Å². The predicted octanol–water partition coefficient (Wildman–Crippen LogP) is 13.6. The predicted molar refractivity (Wildman–Crippen MR) is 239 cm³/mol. The molecule has 0 aliphatic carbocycles. The van der Waals surface area contributed by atoms with E-state index in [0.29, 0.717) is 28.3 Å². The van der Waals surface area contributed by atoms with Crippen molar-refractivity contribution in [2.24, 2.45) is 5.92 Å². The van der Waals surface area contributed by atoms with Crippen LogP contribution in [0.5, 0.6) is 0 Å². The second-order valence-corrected chi connectivity index (χ2v) is 22.0. The SMILES string of the molecule is CC(C)Cc1cc(-c2[c-]cccc2)ncc1[Si](C)(C)C.CC(C)c1cc(-c2ccccc2)cc(C(C)C)c1-n1c(-c2[c-]oc3ccc(F)cc23)nc2ccccc21.[Ir]. The molecule has 4 nitrogen and oxygen atoms in total. The van der Waals surface area contributed by atoms with E-state index in [1.165, 1.54) is 45.1 Å². The van der Waals surface area contributed by atoms with Crippen LogP contribution in [0.25, 0.3) is 61.5 Å². The number of aromatic nitrogens is 3. The number of hydrogen-bond donors (Lipinski definition) is 0. The van der Waals surface area contributed by atoms with Gasteiger partial charge < -0.3 is 14.0 Å². The number of hydrogen-bond acceptors (Lipinski definition) is 3. The molecule has 0 amide bonds. The van der Waals surface area contributed by atoms with Crippen LogP contribution in [0.3, 0.4) is 0 Å². The maximum atomic E-state index is 14.3. The first kappa shape index (κ1) is 42.7. The first-order valence-corrected chi connectivity index (χ1v) is 23.6. The minimum atomic E-state index is -1.34. The fourth-order valence-electron chi connectivity index (χ4n) is 7.63. The molecule has 7 heteroatoms. The monoisotopic (exact) mass is 962 g/mol. The Balaban J connectivity index is 0.000000230. The van der Waals surface area contributed by atoms with Crippen molar-refractivity contribution in [1.82, 2.24) is 14.5 Å². The fourth-order valence-corrected chi connectivity index (χ4v) is 9.22. The molecule has 0 aliphatic heterocycles. The van der Waals surface area contributed by atoms with Crippen LogP contribution in [0.15, 0.2) is 126 Å². The standard InChI is InChI=1S/C33H28FN2O.C18H24NSi.Ir/c1-20(2)25-16-23(22-10-6-5-7-11-22)17-26(21(3)4)32(25)36-30-13-9-8-12-29(30)35-33(36)28-19-37-31-15-14-24(34)18-27(28)31;1-14(2)11-16-12-17(15-9-7-6-8-10-15)19-13-18(16)20(3,4)5;/h5-18,20-21H,1-4H3;6-9,12-14H,11H2,1-5H3;/q2*-1;. The second-order valence-electron chi connectivity index (χ2n) is 17.0. The summed E-state index contributed by atoms with van der Waals surface area (Å²) in [6, 6.07) is 41.4. The molecule has 1 radical (unpaired) electrons. The molecule has 0 unspecified atom stereocenters. The molecule has 0 N–H and O–H groups in total. The summed E-state index contributed by atoms with van der Waals surface area (Å²) in [6.45, 7) is 20.6. The Bertz CT molecular complexity index is 2610. The van der Waals surface area contributed by atoms with Crippen molar-refractivity contribution in [2.75, 3.05) is 0 Å². The molecule has 0 aliphatic rings. The van der Waals surface area contributed by atoms with E-state index >= 15 is 0 Å². The van der Waals surface area contributed by atoms with Gasteiger partial charge in [-0.05, 0) is 87.6 Å². The number of nitrogens with zero attached hydrogens (tertiary/aromatic N) is 3. The summed E-state index contributed by atoms with van der Waals surface area (Å²) in [5.74, 6) is 1.56. The number of para-hydroxylation sites is 2. The van der Waals surface area contributed by atoms with Crippen LogP contribution in [-0.2, 0) is 26.5 Å². The third kappa shape index (κ3) is 9.03. The summed E-state index contributed by atoms with van der Waals surface area (Å²) in [6.07, 6.45) is 6.28. The summed E-state index contributed by atoms with van der Waals surface area (Å²) in [5, 5.41) is 2.15. The van der Waals surface area contributed by atoms with Crippen LogP contribution in [0.4, 0.5) is 4.39 Å². The van der Waals surface area contributed by atoms with Crippen LogP contribution in [-0.4, -0.2) is 22.6 Å². The number of rotatable bonds is 9. The quantitative estimate of drug-likeness (QED) is 0.107. The van der Waals surface area contributed by atoms with Gasteiger partial charge in [0.05, 0.1) is 24.9 Å². The van der Waals surface area contributed by atoms with Crippen molar-refractivity contribution in [1.29, 1.82) is 0 Å². The molecule has 0 saturated heterocycles. The first-order valence-electron chi connectivity index (χ1n) is 20.1. The van der Waals surface area contributed by atoms with Crippen molar-refractivity contribution in [3.8, 4) is 39.5 Å². The van der Waals surface area contributed by atoms with Crippen LogP contribution in [0.2, 0.25) is 19.6 Å². The number of halogens is 1. The van der Waals surface area contributed by atoms with E-state index < -0.39 is 8.07 Å². The molecular weight excluding hydrogens is 910 g/mol. The van der Waals surface area contributed by atoms with Gasteiger partial charge in [0.2, 0.25) is 0 Å². The molecule has 0 spiro atoms.